The van der Waals surface area contributed by atoms with E-state index >= 15 is 0 Å². The van der Waals surface area contributed by atoms with E-state index in [1.807, 2.05) is 0 Å². The molecule has 0 aliphatic carbocycles. The molecule has 0 heterocycles. The molecule has 0 bridgehead atoms. The lowest BCUT2D eigenvalue weighted by molar-refractivity contribution is 0.366. The van der Waals surface area contributed by atoms with Crippen LogP contribution in [0.25, 0.3) is 0 Å². The first kappa shape index (κ1) is 34.8. The molecule has 0 aliphatic heterocycles. The summed E-state index contributed by atoms with van der Waals surface area (Å²) >= 11 is 0. The van der Waals surface area contributed by atoms with Crippen LogP contribution in [0.15, 0.2) is 0 Å². The highest BCUT2D eigenvalue weighted by molar-refractivity contribution is 7.60. The second kappa shape index (κ2) is 19.6. The van der Waals surface area contributed by atoms with Crippen molar-refractivity contribution in [3.8, 4) is 0 Å². The zero-order valence-electron chi connectivity index (χ0n) is 16.8. The second-order valence-electron chi connectivity index (χ2n) is 6.20. The molecule has 0 rings (SSSR count). The fourth-order valence-electron chi connectivity index (χ4n) is 0.800. The summed E-state index contributed by atoms with van der Waals surface area (Å²) in [4.78, 5) is 0. The van der Waals surface area contributed by atoms with Crippen molar-refractivity contribution in [3.63, 3.8) is 0 Å². The molecule has 0 unspecified atom stereocenters. The molecule has 0 radical (unpaired) electrons. The highest BCUT2D eigenvalue weighted by Crippen LogP contribution is 2.33. The van der Waals surface area contributed by atoms with Gasteiger partial charge in [0.05, 0.1) is 0 Å². The molecule has 0 spiro atoms. The van der Waals surface area contributed by atoms with Crippen molar-refractivity contribution in [2.45, 2.75) is 0 Å². The summed E-state index contributed by atoms with van der Waals surface area (Å²) in [6.45, 7) is 18.8. The third-order valence-electron chi connectivity index (χ3n) is 1.99. The predicted molar refractivity (Wildman–Crippen MR) is 115 cm³/mol. The van der Waals surface area contributed by atoms with E-state index in [1.54, 1.807) is 0 Å². The van der Waals surface area contributed by atoms with Gasteiger partial charge in [0, 0.05) is 0 Å². The van der Waals surface area contributed by atoms with Crippen molar-refractivity contribution < 1.29 is 34.5 Å². The number of hydrogen-bond donors (Lipinski definition) is 0. The maximum atomic E-state index is 9.75. The van der Waals surface area contributed by atoms with E-state index in [0.29, 0.717) is 31.7 Å². The van der Waals surface area contributed by atoms with Gasteiger partial charge in [0.15, 0.2) is 0 Å². The summed E-state index contributed by atoms with van der Waals surface area (Å²) in [6, 6.07) is 0. The van der Waals surface area contributed by atoms with Crippen molar-refractivity contribution in [2.75, 3.05) is 78.0 Å². The van der Waals surface area contributed by atoms with Gasteiger partial charge in [-0.25, -0.2) is 0 Å². The molecule has 0 aromatic carbocycles. The monoisotopic (exact) mass is 474 g/mol. The molecule has 26 heavy (non-hydrogen) atoms. The van der Waals surface area contributed by atoms with Gasteiger partial charge in [-0.2, -0.15) is 0 Å². The average Bonchev–Trinajstić information content (AvgIpc) is 2.30. The van der Waals surface area contributed by atoms with Crippen LogP contribution in [0.1, 0.15) is 0 Å². The van der Waals surface area contributed by atoms with Crippen molar-refractivity contribution in [1.29, 1.82) is 0 Å². The molecular weight excluding hydrogens is 442 g/mol. The van der Waals surface area contributed by atoms with E-state index in [2.05, 4.69) is 53.3 Å². The summed E-state index contributed by atoms with van der Waals surface area (Å²) in [5.41, 5.74) is 0. The molecule has 0 N–H and O–H groups in total. The summed E-state index contributed by atoms with van der Waals surface area (Å²) in [6.07, 6.45) is 5.92. The minimum absolute atomic E-state index is 0.383. The fraction of sp³-hybridized carbons (Fsp3) is 1.00. The summed E-state index contributed by atoms with van der Waals surface area (Å²) in [5.74, 6) is 0. The molecule has 0 amide bonds. The van der Waals surface area contributed by atoms with Gasteiger partial charge >= 0.3 is 14.5 Å². The van der Waals surface area contributed by atoms with Crippen LogP contribution in [0.3, 0.4) is 0 Å². The van der Waals surface area contributed by atoms with Crippen LogP contribution in [0, 0.1) is 0 Å². The standard InChI is InChI=1S/2C6H16P2.2BF4/c2*1-7(2)5-6-8(3)4;2*2-1(3,4)5/h2*5-6H2,1-4H3;;/q;;2*-1. The highest BCUT2D eigenvalue weighted by Gasteiger charge is 2.21. The molecule has 0 aliphatic rings. The van der Waals surface area contributed by atoms with E-state index in [-0.39, 0.29) is 0 Å². The van der Waals surface area contributed by atoms with E-state index in [9.17, 15) is 34.5 Å². The van der Waals surface area contributed by atoms with Gasteiger partial charge in [0.25, 0.3) is 0 Å². The maximum absolute atomic E-state index is 9.75. The summed E-state index contributed by atoms with van der Waals surface area (Å²) in [5, 5.41) is 0. The van der Waals surface area contributed by atoms with E-state index < -0.39 is 14.5 Å². The van der Waals surface area contributed by atoms with Crippen LogP contribution in [0.2, 0.25) is 0 Å². The van der Waals surface area contributed by atoms with Crippen molar-refractivity contribution >= 4 is 46.2 Å². The Kier molecular flexibility index (Phi) is 26.2. The van der Waals surface area contributed by atoms with Crippen LogP contribution >= 0.6 is 31.7 Å². The Hall–Kier alpha value is 1.29. The van der Waals surface area contributed by atoms with Crippen LogP contribution in [-0.4, -0.2) is 92.5 Å². The zero-order chi connectivity index (χ0) is 22.1. The Bertz CT molecular complexity index is 231. The third kappa shape index (κ3) is 117. The van der Waals surface area contributed by atoms with Gasteiger partial charge < -0.3 is 34.5 Å². The third-order valence-corrected chi connectivity index (χ3v) is 7.17. The Balaban J connectivity index is -0.000000127. The Morgan fingerprint density at radius 2 is 0.462 bits per heavy atom. The number of halogens is 8. The molecule has 0 aromatic heterocycles. The van der Waals surface area contributed by atoms with Gasteiger partial charge in [-0.05, 0) is 78.0 Å². The lowest BCUT2D eigenvalue weighted by Crippen LogP contribution is -2.02. The highest BCUT2D eigenvalue weighted by atomic mass is 31.1. The van der Waals surface area contributed by atoms with E-state index in [4.69, 9.17) is 0 Å². The smallest absolute Gasteiger partial charge is 0.418 e. The van der Waals surface area contributed by atoms with Crippen LogP contribution in [0.5, 0.6) is 0 Å². The zero-order valence-corrected chi connectivity index (χ0v) is 20.4. The Morgan fingerprint density at radius 3 is 0.500 bits per heavy atom. The quantitative estimate of drug-likeness (QED) is 0.212. The molecular formula is C12H32B2F8P4-2. The van der Waals surface area contributed by atoms with Gasteiger partial charge in [0.1, 0.15) is 0 Å². The molecule has 0 nitrogen and oxygen atoms in total. The van der Waals surface area contributed by atoms with Gasteiger partial charge in [-0.1, -0.05) is 0 Å². The first-order valence-electron chi connectivity index (χ1n) is 7.59. The largest absolute Gasteiger partial charge is 0.673 e. The lowest BCUT2D eigenvalue weighted by Gasteiger charge is -2.07. The van der Waals surface area contributed by atoms with E-state index in [1.165, 1.54) is 24.6 Å². The van der Waals surface area contributed by atoms with Crippen molar-refractivity contribution in [2.24, 2.45) is 0 Å². The average molecular weight is 474 g/mol. The van der Waals surface area contributed by atoms with Crippen LogP contribution < -0.4 is 0 Å². The molecule has 0 fully saturated rings. The van der Waals surface area contributed by atoms with Crippen molar-refractivity contribution in [1.82, 2.24) is 0 Å². The van der Waals surface area contributed by atoms with Crippen LogP contribution in [-0.2, 0) is 0 Å². The molecule has 0 atom stereocenters. The van der Waals surface area contributed by atoms with Crippen LogP contribution in [0.4, 0.5) is 34.5 Å². The van der Waals surface area contributed by atoms with Gasteiger partial charge in [0.2, 0.25) is 0 Å². The fourth-order valence-corrected chi connectivity index (χ4v) is 7.20. The summed E-state index contributed by atoms with van der Waals surface area (Å²) in [7, 11) is -10.5. The predicted octanol–water partition coefficient (Wildman–Crippen LogP) is 7.54. The van der Waals surface area contributed by atoms with Gasteiger partial charge in [-0.15, -0.1) is 31.7 Å². The first-order valence-corrected chi connectivity index (χ1v) is 17.3. The molecule has 14 heteroatoms. The minimum atomic E-state index is -6.00. The Morgan fingerprint density at radius 1 is 0.385 bits per heavy atom. The number of hydrogen-bond acceptors (Lipinski definition) is 0. The van der Waals surface area contributed by atoms with E-state index in [0.717, 1.165) is 0 Å². The second-order valence-corrected chi connectivity index (χ2v) is 16.6. The minimum Gasteiger partial charge on any atom is -0.418 e. The Labute approximate surface area is 159 Å². The first-order chi connectivity index (χ1) is 11.3. The topological polar surface area (TPSA) is 0 Å². The van der Waals surface area contributed by atoms with Crippen molar-refractivity contribution in [3.05, 3.63) is 0 Å². The van der Waals surface area contributed by atoms with Gasteiger partial charge in [-0.3, -0.25) is 0 Å². The molecule has 0 saturated carbocycles. The normalized spacial score (nSPS) is 11.5. The SMILES string of the molecule is CP(C)CCP(C)C.CP(C)CCP(C)C.F[B-](F)(F)F.F[B-](F)(F)F. The summed E-state index contributed by atoms with van der Waals surface area (Å²) < 4.78 is 78.0. The molecule has 0 aromatic rings. The molecule has 0 saturated heterocycles. The maximum Gasteiger partial charge on any atom is 0.673 e. The lowest BCUT2D eigenvalue weighted by atomic mass is 10.3. The molecule has 164 valence electrons. The number of rotatable bonds is 6.